The third kappa shape index (κ3) is 4.68. The number of aryl methyl sites for hydroxylation is 2. The van der Waals surface area contributed by atoms with Gasteiger partial charge in [0.1, 0.15) is 5.76 Å². The Morgan fingerprint density at radius 2 is 2.09 bits per heavy atom. The maximum absolute atomic E-state index is 5.35. The van der Waals surface area contributed by atoms with Gasteiger partial charge in [0.05, 0.1) is 5.69 Å². The Kier molecular flexibility index (Phi) is 5.87. The topological polar surface area (TPSA) is 38.1 Å². The summed E-state index contributed by atoms with van der Waals surface area (Å²) in [5.74, 6) is 1.81. The Bertz CT molecular complexity index is 578. The molecule has 1 saturated carbocycles. The van der Waals surface area contributed by atoms with E-state index in [0.717, 1.165) is 43.2 Å². The van der Waals surface area contributed by atoms with Crippen molar-refractivity contribution in [2.24, 2.45) is 5.92 Å². The number of hydrogen-bond donors (Lipinski definition) is 1. The van der Waals surface area contributed by atoms with E-state index in [2.05, 4.69) is 53.8 Å². The molecule has 124 valence electrons. The van der Waals surface area contributed by atoms with Crippen molar-refractivity contribution >= 4 is 0 Å². The summed E-state index contributed by atoms with van der Waals surface area (Å²) in [7, 11) is 0. The van der Waals surface area contributed by atoms with Crippen LogP contribution in [0.2, 0.25) is 0 Å². The summed E-state index contributed by atoms with van der Waals surface area (Å²) in [6.07, 6.45) is 8.29. The minimum Gasteiger partial charge on any atom is -0.361 e. The zero-order valence-corrected chi connectivity index (χ0v) is 14.1. The maximum atomic E-state index is 5.35. The summed E-state index contributed by atoms with van der Waals surface area (Å²) in [6, 6.07) is 13.7. The molecule has 0 saturated heterocycles. The lowest BCUT2D eigenvalue weighted by Crippen LogP contribution is -2.34. The minimum absolute atomic E-state index is 0.677. The molecule has 1 fully saturated rings. The van der Waals surface area contributed by atoms with Gasteiger partial charge in [0.2, 0.25) is 0 Å². The SMILES string of the molecule is CCc1cc(CCCN[C@@H]2CCC[C@@H]2Cc2ccccc2)on1. The molecule has 1 heterocycles. The Balaban J connectivity index is 1.40. The van der Waals surface area contributed by atoms with Crippen LogP contribution in [-0.2, 0) is 19.3 Å². The lowest BCUT2D eigenvalue weighted by molar-refractivity contribution is 0.365. The molecule has 0 aliphatic heterocycles. The van der Waals surface area contributed by atoms with Crippen LogP contribution in [0.4, 0.5) is 0 Å². The molecule has 0 spiro atoms. The third-order valence-electron chi connectivity index (χ3n) is 4.98. The van der Waals surface area contributed by atoms with Gasteiger partial charge >= 0.3 is 0 Å². The van der Waals surface area contributed by atoms with E-state index in [4.69, 9.17) is 4.52 Å². The van der Waals surface area contributed by atoms with Gasteiger partial charge in [-0.3, -0.25) is 0 Å². The van der Waals surface area contributed by atoms with Gasteiger partial charge in [-0.05, 0) is 50.1 Å². The van der Waals surface area contributed by atoms with Crippen molar-refractivity contribution in [3.8, 4) is 0 Å². The molecule has 1 aliphatic rings. The molecule has 0 radical (unpaired) electrons. The van der Waals surface area contributed by atoms with Crippen molar-refractivity contribution in [3.63, 3.8) is 0 Å². The number of nitrogens with one attached hydrogen (secondary N) is 1. The molecule has 23 heavy (non-hydrogen) atoms. The highest BCUT2D eigenvalue weighted by Gasteiger charge is 2.26. The molecule has 1 aromatic heterocycles. The summed E-state index contributed by atoms with van der Waals surface area (Å²) >= 11 is 0. The van der Waals surface area contributed by atoms with Crippen molar-refractivity contribution < 1.29 is 4.52 Å². The first-order chi connectivity index (χ1) is 11.3. The monoisotopic (exact) mass is 312 g/mol. The number of aromatic nitrogens is 1. The number of rotatable bonds is 8. The molecule has 1 aromatic carbocycles. The molecule has 1 aliphatic carbocycles. The molecule has 2 aromatic rings. The first kappa shape index (κ1) is 16.3. The van der Waals surface area contributed by atoms with E-state index >= 15 is 0 Å². The van der Waals surface area contributed by atoms with Crippen LogP contribution in [0.15, 0.2) is 40.9 Å². The van der Waals surface area contributed by atoms with Gasteiger partial charge in [0, 0.05) is 18.5 Å². The Morgan fingerprint density at radius 1 is 1.22 bits per heavy atom. The van der Waals surface area contributed by atoms with Crippen molar-refractivity contribution in [1.29, 1.82) is 0 Å². The predicted octanol–water partition coefficient (Wildman–Crippen LogP) is 4.17. The Morgan fingerprint density at radius 3 is 2.87 bits per heavy atom. The average Bonchev–Trinajstić information content (AvgIpc) is 3.22. The molecule has 0 bridgehead atoms. The summed E-state index contributed by atoms with van der Waals surface area (Å²) in [6.45, 7) is 3.17. The van der Waals surface area contributed by atoms with Crippen LogP contribution in [0.25, 0.3) is 0 Å². The lowest BCUT2D eigenvalue weighted by atomic mass is 9.94. The fourth-order valence-corrected chi connectivity index (χ4v) is 3.66. The molecule has 0 amide bonds. The van der Waals surface area contributed by atoms with Crippen molar-refractivity contribution in [1.82, 2.24) is 10.5 Å². The van der Waals surface area contributed by atoms with Crippen LogP contribution < -0.4 is 5.32 Å². The van der Waals surface area contributed by atoms with Gasteiger partial charge in [-0.1, -0.05) is 48.8 Å². The predicted molar refractivity (Wildman–Crippen MR) is 93.5 cm³/mol. The second-order valence-corrected chi connectivity index (χ2v) is 6.68. The summed E-state index contributed by atoms with van der Waals surface area (Å²) in [5.41, 5.74) is 2.53. The zero-order valence-electron chi connectivity index (χ0n) is 14.1. The van der Waals surface area contributed by atoms with Crippen LogP contribution >= 0.6 is 0 Å². The van der Waals surface area contributed by atoms with E-state index in [-0.39, 0.29) is 0 Å². The second-order valence-electron chi connectivity index (χ2n) is 6.68. The van der Waals surface area contributed by atoms with Gasteiger partial charge in [-0.15, -0.1) is 0 Å². The fourth-order valence-electron chi connectivity index (χ4n) is 3.66. The zero-order chi connectivity index (χ0) is 15.9. The summed E-state index contributed by atoms with van der Waals surface area (Å²) in [4.78, 5) is 0. The number of nitrogens with zero attached hydrogens (tertiary/aromatic N) is 1. The van der Waals surface area contributed by atoms with Crippen LogP contribution in [0.1, 0.15) is 49.6 Å². The minimum atomic E-state index is 0.677. The van der Waals surface area contributed by atoms with E-state index in [1.54, 1.807) is 0 Å². The molecule has 1 N–H and O–H groups in total. The highest BCUT2D eigenvalue weighted by molar-refractivity contribution is 5.16. The molecule has 3 heteroatoms. The van der Waals surface area contributed by atoms with Gasteiger partial charge in [-0.25, -0.2) is 0 Å². The average molecular weight is 312 g/mol. The van der Waals surface area contributed by atoms with E-state index in [1.165, 1.54) is 31.2 Å². The van der Waals surface area contributed by atoms with Gasteiger partial charge < -0.3 is 9.84 Å². The second kappa shape index (κ2) is 8.30. The van der Waals surface area contributed by atoms with Crippen LogP contribution in [-0.4, -0.2) is 17.7 Å². The van der Waals surface area contributed by atoms with Crippen LogP contribution in [0.3, 0.4) is 0 Å². The van der Waals surface area contributed by atoms with E-state index < -0.39 is 0 Å². The molecule has 0 unspecified atom stereocenters. The lowest BCUT2D eigenvalue weighted by Gasteiger charge is -2.21. The van der Waals surface area contributed by atoms with Gasteiger partial charge in [0.15, 0.2) is 0 Å². The van der Waals surface area contributed by atoms with E-state index in [1.807, 2.05) is 0 Å². The van der Waals surface area contributed by atoms with Crippen molar-refractivity contribution in [2.75, 3.05) is 6.54 Å². The van der Waals surface area contributed by atoms with Crippen molar-refractivity contribution in [2.45, 2.75) is 57.9 Å². The summed E-state index contributed by atoms with van der Waals surface area (Å²) in [5, 5.41) is 7.84. The summed E-state index contributed by atoms with van der Waals surface area (Å²) < 4.78 is 5.35. The molecule has 3 rings (SSSR count). The van der Waals surface area contributed by atoms with Crippen LogP contribution in [0.5, 0.6) is 0 Å². The van der Waals surface area contributed by atoms with E-state index in [0.29, 0.717) is 6.04 Å². The fraction of sp³-hybridized carbons (Fsp3) is 0.550. The standard InChI is InChI=1S/C20H28N2O/c1-2-18-15-19(23-22-18)11-7-13-21-20-12-6-10-17(20)14-16-8-4-3-5-9-16/h3-5,8-9,15,17,20-21H,2,6-7,10-14H2,1H3/t17-,20-/m1/s1. The normalized spacial score (nSPS) is 20.9. The third-order valence-corrected chi connectivity index (χ3v) is 4.98. The van der Waals surface area contributed by atoms with Crippen molar-refractivity contribution in [3.05, 3.63) is 53.4 Å². The highest BCUT2D eigenvalue weighted by atomic mass is 16.5. The highest BCUT2D eigenvalue weighted by Crippen LogP contribution is 2.28. The maximum Gasteiger partial charge on any atom is 0.137 e. The van der Waals surface area contributed by atoms with Gasteiger partial charge in [-0.2, -0.15) is 0 Å². The molecule has 3 nitrogen and oxygen atoms in total. The number of benzene rings is 1. The first-order valence-electron chi connectivity index (χ1n) is 9.07. The molecule has 2 atom stereocenters. The van der Waals surface area contributed by atoms with Crippen LogP contribution in [0, 0.1) is 5.92 Å². The largest absolute Gasteiger partial charge is 0.361 e. The smallest absolute Gasteiger partial charge is 0.137 e. The Labute approximate surface area is 139 Å². The van der Waals surface area contributed by atoms with Gasteiger partial charge in [0.25, 0.3) is 0 Å². The molecular formula is C20H28N2O. The molecular weight excluding hydrogens is 284 g/mol. The Hall–Kier alpha value is -1.61. The quantitative estimate of drug-likeness (QED) is 0.743. The first-order valence-corrected chi connectivity index (χ1v) is 9.07. The number of hydrogen-bond acceptors (Lipinski definition) is 3. The van der Waals surface area contributed by atoms with E-state index in [9.17, 15) is 0 Å².